The van der Waals surface area contributed by atoms with Gasteiger partial charge in [0.25, 0.3) is 5.91 Å². The van der Waals surface area contributed by atoms with Gasteiger partial charge in [-0.25, -0.2) is 5.43 Å². The van der Waals surface area contributed by atoms with Gasteiger partial charge in [-0.05, 0) is 35.9 Å². The van der Waals surface area contributed by atoms with E-state index in [1.54, 1.807) is 24.3 Å². The van der Waals surface area contributed by atoms with E-state index >= 15 is 0 Å². The van der Waals surface area contributed by atoms with Crippen molar-refractivity contribution in [3.05, 3.63) is 100 Å². The second kappa shape index (κ2) is 8.32. The Hall–Kier alpha value is -3.38. The number of para-hydroxylation sites is 2. The highest BCUT2D eigenvalue weighted by molar-refractivity contribution is 9.10. The third-order valence-corrected chi connectivity index (χ3v) is 5.13. The van der Waals surface area contributed by atoms with Gasteiger partial charge in [0.05, 0.1) is 11.8 Å². The largest absolute Gasteiger partial charge is 0.507 e. The van der Waals surface area contributed by atoms with E-state index in [-0.39, 0.29) is 11.7 Å². The molecule has 4 rings (SSSR count). The third kappa shape index (κ3) is 4.22. The number of benzene rings is 3. The van der Waals surface area contributed by atoms with Gasteiger partial charge in [-0.15, -0.1) is 0 Å². The minimum absolute atomic E-state index is 0.108. The van der Waals surface area contributed by atoms with Crippen molar-refractivity contribution in [3.63, 3.8) is 0 Å². The Morgan fingerprint density at radius 2 is 1.76 bits per heavy atom. The SMILES string of the molecule is O=C(N/N=C\c1ccccc1O)c1cn(Cc2ccc(Br)cc2)c2ccccc12. The Labute approximate surface area is 176 Å². The summed E-state index contributed by atoms with van der Waals surface area (Å²) in [6.07, 6.45) is 3.27. The number of fused-ring (bicyclic) bond motifs is 1. The molecule has 0 aliphatic carbocycles. The summed E-state index contributed by atoms with van der Waals surface area (Å²) in [4.78, 5) is 12.7. The number of phenolic OH excluding ortho intramolecular Hbond substituents is 1. The van der Waals surface area contributed by atoms with Gasteiger partial charge < -0.3 is 9.67 Å². The standard InChI is InChI=1S/C23H18BrN3O2/c24-18-11-9-16(10-12-18)14-27-15-20(19-6-2-3-7-21(19)27)23(29)26-25-13-17-5-1-4-8-22(17)28/h1-13,15,28H,14H2,(H,26,29)/b25-13-. The van der Waals surface area contributed by atoms with Crippen LogP contribution in [-0.4, -0.2) is 21.8 Å². The van der Waals surface area contributed by atoms with Gasteiger partial charge in [0.1, 0.15) is 5.75 Å². The van der Waals surface area contributed by atoms with Gasteiger partial charge >= 0.3 is 0 Å². The van der Waals surface area contributed by atoms with E-state index in [1.807, 2.05) is 42.6 Å². The molecule has 0 aliphatic rings. The number of hydrazone groups is 1. The number of hydrogen-bond donors (Lipinski definition) is 2. The summed E-state index contributed by atoms with van der Waals surface area (Å²) in [5, 5.41) is 14.6. The maximum atomic E-state index is 12.7. The maximum absolute atomic E-state index is 12.7. The lowest BCUT2D eigenvalue weighted by atomic mass is 10.1. The molecule has 0 radical (unpaired) electrons. The highest BCUT2D eigenvalue weighted by Gasteiger charge is 2.14. The van der Waals surface area contributed by atoms with E-state index in [9.17, 15) is 9.90 Å². The molecule has 0 atom stereocenters. The van der Waals surface area contributed by atoms with Crippen LogP contribution in [0.2, 0.25) is 0 Å². The van der Waals surface area contributed by atoms with Crippen LogP contribution in [0.3, 0.4) is 0 Å². The van der Waals surface area contributed by atoms with Gasteiger partial charge in [0, 0.05) is 33.7 Å². The first-order valence-corrected chi connectivity index (χ1v) is 9.85. The average molecular weight is 448 g/mol. The Bertz CT molecular complexity index is 1200. The first-order valence-electron chi connectivity index (χ1n) is 9.05. The van der Waals surface area contributed by atoms with Crippen molar-refractivity contribution in [1.29, 1.82) is 0 Å². The molecule has 0 bridgehead atoms. The fourth-order valence-corrected chi connectivity index (χ4v) is 3.43. The van der Waals surface area contributed by atoms with E-state index < -0.39 is 0 Å². The lowest BCUT2D eigenvalue weighted by molar-refractivity contribution is 0.0956. The van der Waals surface area contributed by atoms with Crippen molar-refractivity contribution in [1.82, 2.24) is 9.99 Å². The Morgan fingerprint density at radius 1 is 1.03 bits per heavy atom. The lowest BCUT2D eigenvalue weighted by Crippen LogP contribution is -2.17. The minimum atomic E-state index is -0.303. The molecule has 0 saturated heterocycles. The number of halogens is 1. The highest BCUT2D eigenvalue weighted by Crippen LogP contribution is 2.23. The van der Waals surface area contributed by atoms with Crippen LogP contribution in [0.4, 0.5) is 0 Å². The number of nitrogens with one attached hydrogen (secondary N) is 1. The van der Waals surface area contributed by atoms with Crippen LogP contribution < -0.4 is 5.43 Å². The molecule has 0 saturated carbocycles. The van der Waals surface area contributed by atoms with Crippen molar-refractivity contribution in [3.8, 4) is 5.75 Å². The van der Waals surface area contributed by atoms with Gasteiger partial charge in [-0.2, -0.15) is 5.10 Å². The van der Waals surface area contributed by atoms with Crippen LogP contribution in [-0.2, 0) is 6.54 Å². The van der Waals surface area contributed by atoms with E-state index in [4.69, 9.17) is 0 Å². The predicted octanol–water partition coefficient (Wildman–Crippen LogP) is 4.92. The van der Waals surface area contributed by atoms with Crippen molar-refractivity contribution < 1.29 is 9.90 Å². The fraction of sp³-hybridized carbons (Fsp3) is 0.0435. The molecular formula is C23H18BrN3O2. The van der Waals surface area contributed by atoms with Crippen LogP contribution in [0.15, 0.2) is 88.6 Å². The number of carbonyl (C=O) groups is 1. The van der Waals surface area contributed by atoms with Crippen molar-refractivity contribution in [2.45, 2.75) is 6.54 Å². The number of rotatable bonds is 5. The summed E-state index contributed by atoms with van der Waals surface area (Å²) in [6.45, 7) is 0.655. The van der Waals surface area contributed by atoms with Crippen LogP contribution in [0.5, 0.6) is 5.75 Å². The predicted molar refractivity (Wildman–Crippen MR) is 118 cm³/mol. The summed E-state index contributed by atoms with van der Waals surface area (Å²) in [5.41, 5.74) is 5.75. The van der Waals surface area contributed by atoms with E-state index in [1.165, 1.54) is 6.21 Å². The Balaban J connectivity index is 1.59. The molecule has 0 fully saturated rings. The van der Waals surface area contributed by atoms with Crippen molar-refractivity contribution in [2.24, 2.45) is 5.10 Å². The fourth-order valence-electron chi connectivity index (χ4n) is 3.16. The number of amides is 1. The van der Waals surface area contributed by atoms with E-state index in [0.717, 1.165) is 20.9 Å². The lowest BCUT2D eigenvalue weighted by Gasteiger charge is -2.05. The summed E-state index contributed by atoms with van der Waals surface area (Å²) < 4.78 is 3.08. The molecule has 144 valence electrons. The van der Waals surface area contributed by atoms with Gasteiger partial charge in [0.15, 0.2) is 0 Å². The second-order valence-corrected chi connectivity index (χ2v) is 7.49. The van der Waals surface area contributed by atoms with Crippen LogP contribution >= 0.6 is 15.9 Å². The Kier molecular flexibility index (Phi) is 5.44. The molecule has 1 amide bonds. The number of aromatic nitrogens is 1. The molecule has 1 aromatic heterocycles. The van der Waals surface area contributed by atoms with Crippen molar-refractivity contribution >= 4 is 39.0 Å². The van der Waals surface area contributed by atoms with Crippen molar-refractivity contribution in [2.75, 3.05) is 0 Å². The first-order chi connectivity index (χ1) is 14.1. The number of carbonyl (C=O) groups excluding carboxylic acids is 1. The van der Waals surface area contributed by atoms with E-state index in [2.05, 4.69) is 43.2 Å². The zero-order valence-corrected chi connectivity index (χ0v) is 17.0. The molecule has 1 heterocycles. The minimum Gasteiger partial charge on any atom is -0.507 e. The highest BCUT2D eigenvalue weighted by atomic mass is 79.9. The molecule has 0 aliphatic heterocycles. The average Bonchev–Trinajstić information content (AvgIpc) is 3.10. The third-order valence-electron chi connectivity index (χ3n) is 4.61. The summed E-state index contributed by atoms with van der Waals surface area (Å²) in [5.74, 6) is -0.195. The zero-order valence-electron chi connectivity index (χ0n) is 15.4. The molecular weight excluding hydrogens is 430 g/mol. The normalized spacial score (nSPS) is 11.2. The van der Waals surface area contributed by atoms with Crippen LogP contribution in [0.1, 0.15) is 21.5 Å². The second-order valence-electron chi connectivity index (χ2n) is 6.57. The summed E-state index contributed by atoms with van der Waals surface area (Å²) >= 11 is 3.45. The molecule has 4 aromatic rings. The summed E-state index contributed by atoms with van der Waals surface area (Å²) in [7, 11) is 0. The molecule has 6 heteroatoms. The number of aromatic hydroxyl groups is 1. The van der Waals surface area contributed by atoms with Gasteiger partial charge in [0.2, 0.25) is 0 Å². The molecule has 2 N–H and O–H groups in total. The molecule has 3 aromatic carbocycles. The van der Waals surface area contributed by atoms with E-state index in [0.29, 0.717) is 17.7 Å². The van der Waals surface area contributed by atoms with Gasteiger partial charge in [-0.1, -0.05) is 58.4 Å². The monoisotopic (exact) mass is 447 g/mol. The topological polar surface area (TPSA) is 66.6 Å². The van der Waals surface area contributed by atoms with Crippen LogP contribution in [0.25, 0.3) is 10.9 Å². The maximum Gasteiger partial charge on any atom is 0.273 e. The Morgan fingerprint density at radius 3 is 2.55 bits per heavy atom. The smallest absolute Gasteiger partial charge is 0.273 e. The molecule has 0 spiro atoms. The quantitative estimate of drug-likeness (QED) is 0.336. The zero-order chi connectivity index (χ0) is 20.2. The van der Waals surface area contributed by atoms with Crippen LogP contribution in [0, 0.1) is 0 Å². The number of hydrogen-bond acceptors (Lipinski definition) is 3. The molecule has 0 unspecified atom stereocenters. The number of nitrogens with zero attached hydrogens (tertiary/aromatic N) is 2. The van der Waals surface area contributed by atoms with Gasteiger partial charge in [-0.3, -0.25) is 4.79 Å². The molecule has 5 nitrogen and oxygen atoms in total. The summed E-state index contributed by atoms with van der Waals surface area (Å²) in [6, 6.07) is 22.7. The first kappa shape index (κ1) is 19.0. The number of phenols is 1. The molecule has 29 heavy (non-hydrogen) atoms.